The predicted octanol–water partition coefficient (Wildman–Crippen LogP) is 4.49. The number of para-hydroxylation sites is 1. The van der Waals surface area contributed by atoms with Crippen molar-refractivity contribution in [1.82, 2.24) is 5.32 Å². The number of nitrogens with one attached hydrogen (secondary N) is 1. The lowest BCUT2D eigenvalue weighted by Gasteiger charge is -2.28. The van der Waals surface area contributed by atoms with E-state index in [-0.39, 0.29) is 10.7 Å². The number of thiocarbonyl (C=S) groups is 1. The molecule has 0 unspecified atom stereocenters. The van der Waals surface area contributed by atoms with Crippen molar-refractivity contribution in [2.75, 3.05) is 18.6 Å². The molecule has 2 amide bonds. The van der Waals surface area contributed by atoms with Gasteiger partial charge in [-0.25, -0.2) is 0 Å². The second-order valence-corrected chi connectivity index (χ2v) is 7.50. The molecule has 1 N–H and O–H groups in total. The Balaban J connectivity index is 1.81. The van der Waals surface area contributed by atoms with E-state index in [1.165, 1.54) is 23.8 Å². The Morgan fingerprint density at radius 3 is 2.52 bits per heavy atom. The van der Waals surface area contributed by atoms with Gasteiger partial charge in [0.1, 0.15) is 5.57 Å². The molecule has 0 aromatic heterocycles. The monoisotopic (exact) mass is 438 g/mol. The quantitative estimate of drug-likeness (QED) is 0.271. The number of carbonyl (C=O) groups is 2. The SMILES string of the molecule is CCCCCCOc1ccc(/C=C2/C(=O)NC(=S)N(c3ccccc3)C2=O)cc1OC. The van der Waals surface area contributed by atoms with Gasteiger partial charge in [-0.05, 0) is 54.5 Å². The van der Waals surface area contributed by atoms with Crippen LogP contribution in [0.3, 0.4) is 0 Å². The van der Waals surface area contributed by atoms with Gasteiger partial charge in [-0.2, -0.15) is 0 Å². The van der Waals surface area contributed by atoms with E-state index >= 15 is 0 Å². The fourth-order valence-corrected chi connectivity index (χ4v) is 3.52. The van der Waals surface area contributed by atoms with Crippen LogP contribution in [-0.2, 0) is 9.59 Å². The van der Waals surface area contributed by atoms with E-state index in [1.54, 1.807) is 49.6 Å². The smallest absolute Gasteiger partial charge is 0.270 e. The van der Waals surface area contributed by atoms with Crippen LogP contribution >= 0.6 is 12.2 Å². The fourth-order valence-electron chi connectivity index (χ4n) is 3.24. The van der Waals surface area contributed by atoms with Crippen molar-refractivity contribution in [3.05, 3.63) is 59.7 Å². The second-order valence-electron chi connectivity index (χ2n) is 7.11. The standard InChI is InChI=1S/C24H26N2O4S/c1-3-4-5-9-14-30-20-13-12-17(16-21(20)29-2)15-19-22(27)25-24(31)26(23(19)28)18-10-7-6-8-11-18/h6-8,10-13,15-16H,3-5,9,14H2,1-2H3,(H,25,27,31)/b19-15-. The first kappa shape index (κ1) is 22.5. The lowest BCUT2D eigenvalue weighted by molar-refractivity contribution is -0.122. The molecular weight excluding hydrogens is 412 g/mol. The number of amides is 2. The molecule has 1 fully saturated rings. The van der Waals surface area contributed by atoms with Crippen LogP contribution in [0.4, 0.5) is 5.69 Å². The summed E-state index contributed by atoms with van der Waals surface area (Å²) in [5.74, 6) is 0.171. The summed E-state index contributed by atoms with van der Waals surface area (Å²) < 4.78 is 11.3. The highest BCUT2D eigenvalue weighted by Gasteiger charge is 2.34. The number of carbonyl (C=O) groups excluding carboxylic acids is 2. The molecule has 0 atom stereocenters. The normalized spacial score (nSPS) is 15.2. The number of hydrogen-bond acceptors (Lipinski definition) is 5. The van der Waals surface area contributed by atoms with Crippen molar-refractivity contribution in [3.8, 4) is 11.5 Å². The van der Waals surface area contributed by atoms with Gasteiger partial charge in [0.05, 0.1) is 19.4 Å². The molecule has 6 nitrogen and oxygen atoms in total. The summed E-state index contributed by atoms with van der Waals surface area (Å²) in [6, 6.07) is 14.3. The maximum Gasteiger partial charge on any atom is 0.270 e. The highest BCUT2D eigenvalue weighted by molar-refractivity contribution is 7.80. The van der Waals surface area contributed by atoms with E-state index in [1.807, 2.05) is 6.07 Å². The first-order chi connectivity index (χ1) is 15.0. The molecule has 3 rings (SSSR count). The third-order valence-electron chi connectivity index (χ3n) is 4.87. The second kappa shape index (κ2) is 10.7. The van der Waals surface area contributed by atoms with Crippen LogP contribution < -0.4 is 19.7 Å². The van der Waals surface area contributed by atoms with E-state index in [4.69, 9.17) is 21.7 Å². The van der Waals surface area contributed by atoms with Gasteiger partial charge in [0.15, 0.2) is 16.6 Å². The summed E-state index contributed by atoms with van der Waals surface area (Å²) in [5, 5.41) is 2.64. The maximum absolute atomic E-state index is 13.1. The van der Waals surface area contributed by atoms with Gasteiger partial charge in [-0.3, -0.25) is 19.8 Å². The predicted molar refractivity (Wildman–Crippen MR) is 125 cm³/mol. The molecule has 1 heterocycles. The van der Waals surface area contributed by atoms with Crippen LogP contribution in [-0.4, -0.2) is 30.6 Å². The first-order valence-electron chi connectivity index (χ1n) is 10.3. The van der Waals surface area contributed by atoms with Crippen LogP contribution in [0.25, 0.3) is 6.08 Å². The Morgan fingerprint density at radius 1 is 1.03 bits per heavy atom. The van der Waals surface area contributed by atoms with Crippen LogP contribution in [0.15, 0.2) is 54.1 Å². The molecule has 1 saturated heterocycles. The van der Waals surface area contributed by atoms with Gasteiger partial charge in [0.25, 0.3) is 11.8 Å². The molecule has 7 heteroatoms. The van der Waals surface area contributed by atoms with Gasteiger partial charge in [-0.15, -0.1) is 0 Å². The largest absolute Gasteiger partial charge is 0.493 e. The Hall–Kier alpha value is -3.19. The average Bonchev–Trinajstić information content (AvgIpc) is 2.77. The lowest BCUT2D eigenvalue weighted by atomic mass is 10.1. The number of methoxy groups -OCH3 is 1. The molecule has 0 bridgehead atoms. The van der Waals surface area contributed by atoms with E-state index in [0.717, 1.165) is 12.8 Å². The molecule has 0 spiro atoms. The molecule has 2 aromatic rings. The fraction of sp³-hybridized carbons (Fsp3) is 0.292. The molecule has 31 heavy (non-hydrogen) atoms. The van der Waals surface area contributed by atoms with E-state index in [9.17, 15) is 9.59 Å². The zero-order valence-corrected chi connectivity index (χ0v) is 18.5. The summed E-state index contributed by atoms with van der Waals surface area (Å²) in [6.45, 7) is 2.78. The number of nitrogens with zero attached hydrogens (tertiary/aromatic N) is 1. The Kier molecular flexibility index (Phi) is 7.78. The highest BCUT2D eigenvalue weighted by atomic mass is 32.1. The summed E-state index contributed by atoms with van der Waals surface area (Å²) in [6.07, 6.45) is 5.99. The van der Waals surface area contributed by atoms with E-state index in [2.05, 4.69) is 12.2 Å². The lowest BCUT2D eigenvalue weighted by Crippen LogP contribution is -2.54. The molecular formula is C24H26N2O4S. The zero-order valence-electron chi connectivity index (χ0n) is 17.7. The van der Waals surface area contributed by atoms with E-state index < -0.39 is 11.8 Å². The maximum atomic E-state index is 13.1. The summed E-state index contributed by atoms with van der Waals surface area (Å²) in [5.41, 5.74) is 1.23. The van der Waals surface area contributed by atoms with Crippen molar-refractivity contribution >= 4 is 40.9 Å². The Bertz CT molecular complexity index is 988. The van der Waals surface area contributed by atoms with E-state index in [0.29, 0.717) is 29.4 Å². The molecule has 0 saturated carbocycles. The van der Waals surface area contributed by atoms with Crippen molar-refractivity contribution in [3.63, 3.8) is 0 Å². The van der Waals surface area contributed by atoms with Gasteiger partial charge in [0, 0.05) is 0 Å². The molecule has 1 aliphatic rings. The van der Waals surface area contributed by atoms with Crippen LogP contribution in [0, 0.1) is 0 Å². The number of anilines is 1. The summed E-state index contributed by atoms with van der Waals surface area (Å²) in [4.78, 5) is 26.8. The molecule has 0 radical (unpaired) electrons. The minimum atomic E-state index is -0.530. The Labute approximate surface area is 187 Å². The van der Waals surface area contributed by atoms with Crippen molar-refractivity contribution in [1.29, 1.82) is 0 Å². The summed E-state index contributed by atoms with van der Waals surface area (Å²) in [7, 11) is 1.56. The topological polar surface area (TPSA) is 67.9 Å². The third-order valence-corrected chi connectivity index (χ3v) is 5.15. The van der Waals surface area contributed by atoms with Gasteiger partial charge < -0.3 is 9.47 Å². The van der Waals surface area contributed by atoms with Gasteiger partial charge in [0.2, 0.25) is 0 Å². The number of rotatable bonds is 9. The molecule has 162 valence electrons. The van der Waals surface area contributed by atoms with Crippen molar-refractivity contribution < 1.29 is 19.1 Å². The molecule has 1 aliphatic heterocycles. The number of ether oxygens (including phenoxy) is 2. The van der Waals surface area contributed by atoms with Gasteiger partial charge >= 0.3 is 0 Å². The molecule has 2 aromatic carbocycles. The summed E-state index contributed by atoms with van der Waals surface area (Å²) >= 11 is 5.21. The highest BCUT2D eigenvalue weighted by Crippen LogP contribution is 2.30. The third kappa shape index (κ3) is 5.49. The minimum absolute atomic E-state index is 0.00672. The van der Waals surface area contributed by atoms with Crippen molar-refractivity contribution in [2.45, 2.75) is 32.6 Å². The van der Waals surface area contributed by atoms with Crippen LogP contribution in [0.5, 0.6) is 11.5 Å². The van der Waals surface area contributed by atoms with Crippen LogP contribution in [0.1, 0.15) is 38.2 Å². The Morgan fingerprint density at radius 2 is 1.81 bits per heavy atom. The number of unbranched alkanes of at least 4 members (excludes halogenated alkanes) is 3. The van der Waals surface area contributed by atoms with Gasteiger partial charge in [-0.1, -0.05) is 50.5 Å². The van der Waals surface area contributed by atoms with Crippen molar-refractivity contribution in [2.24, 2.45) is 0 Å². The zero-order chi connectivity index (χ0) is 22.2. The number of benzene rings is 2. The number of hydrogen-bond donors (Lipinski definition) is 1. The van der Waals surface area contributed by atoms with Crippen LogP contribution in [0.2, 0.25) is 0 Å². The molecule has 0 aliphatic carbocycles. The first-order valence-corrected chi connectivity index (χ1v) is 10.7. The average molecular weight is 439 g/mol. The minimum Gasteiger partial charge on any atom is -0.493 e.